The van der Waals surface area contributed by atoms with Crippen molar-refractivity contribution in [2.45, 2.75) is 0 Å². The van der Waals surface area contributed by atoms with Crippen LogP contribution in [0.15, 0.2) is 72.8 Å². The Kier molecular flexibility index (Phi) is 4.79. The summed E-state index contributed by atoms with van der Waals surface area (Å²) in [6.45, 7) is 0. The van der Waals surface area contributed by atoms with Crippen molar-refractivity contribution in [1.82, 2.24) is 0 Å². The second kappa shape index (κ2) is 7.56. The monoisotopic (exact) mass is 383 g/mol. The minimum absolute atomic E-state index is 0.222. The second-order valence-corrected chi connectivity index (χ2v) is 6.53. The van der Waals surface area contributed by atoms with E-state index in [0.717, 1.165) is 11.3 Å². The zero-order valence-corrected chi connectivity index (χ0v) is 15.6. The van der Waals surface area contributed by atoms with Gasteiger partial charge in [0.25, 0.3) is 0 Å². The number of anilines is 1. The van der Waals surface area contributed by atoms with Crippen molar-refractivity contribution in [3.63, 3.8) is 0 Å². The predicted octanol–water partition coefficient (Wildman–Crippen LogP) is 4.12. The SMILES string of the molecule is COc1ccc(C=CC(=O)Nc2cccc3c2C(=O)c2ccccc2C3=O)cc1. The summed E-state index contributed by atoms with van der Waals surface area (Å²) in [5.74, 6) is -0.162. The molecule has 0 aliphatic heterocycles. The maximum absolute atomic E-state index is 13.0. The van der Waals surface area contributed by atoms with E-state index in [9.17, 15) is 14.4 Å². The number of hydrogen-bond acceptors (Lipinski definition) is 4. The topological polar surface area (TPSA) is 72.5 Å². The Morgan fingerprint density at radius 2 is 1.48 bits per heavy atom. The minimum atomic E-state index is -0.395. The molecule has 1 N–H and O–H groups in total. The molecule has 3 aromatic carbocycles. The van der Waals surface area contributed by atoms with Gasteiger partial charge in [-0.1, -0.05) is 48.5 Å². The van der Waals surface area contributed by atoms with Crippen LogP contribution < -0.4 is 10.1 Å². The number of nitrogens with one attached hydrogen (secondary N) is 1. The highest BCUT2D eigenvalue weighted by Gasteiger charge is 2.31. The number of carbonyl (C=O) groups is 3. The summed E-state index contributed by atoms with van der Waals surface area (Å²) in [5.41, 5.74) is 2.40. The molecule has 0 radical (unpaired) electrons. The molecule has 0 heterocycles. The quantitative estimate of drug-likeness (QED) is 0.538. The Labute approximate surface area is 167 Å². The fourth-order valence-electron chi connectivity index (χ4n) is 3.31. The van der Waals surface area contributed by atoms with Gasteiger partial charge in [0.15, 0.2) is 11.6 Å². The van der Waals surface area contributed by atoms with Gasteiger partial charge in [-0.05, 0) is 29.8 Å². The molecule has 0 saturated heterocycles. The van der Waals surface area contributed by atoms with Crippen molar-refractivity contribution >= 4 is 29.2 Å². The van der Waals surface area contributed by atoms with Crippen LogP contribution in [0.25, 0.3) is 6.08 Å². The van der Waals surface area contributed by atoms with Crippen molar-refractivity contribution in [2.24, 2.45) is 0 Å². The van der Waals surface area contributed by atoms with Gasteiger partial charge in [-0.25, -0.2) is 0 Å². The second-order valence-electron chi connectivity index (χ2n) is 6.53. The summed E-state index contributed by atoms with van der Waals surface area (Å²) >= 11 is 0. The Balaban J connectivity index is 1.60. The van der Waals surface area contributed by atoms with Crippen LogP contribution in [0.3, 0.4) is 0 Å². The molecule has 0 bridgehead atoms. The van der Waals surface area contributed by atoms with Crippen molar-refractivity contribution < 1.29 is 19.1 Å². The van der Waals surface area contributed by atoms with Gasteiger partial charge in [-0.2, -0.15) is 0 Å². The van der Waals surface area contributed by atoms with Gasteiger partial charge < -0.3 is 10.1 Å². The van der Waals surface area contributed by atoms with Gasteiger partial charge in [0.2, 0.25) is 5.91 Å². The third-order valence-electron chi connectivity index (χ3n) is 4.75. The molecule has 0 unspecified atom stereocenters. The van der Waals surface area contributed by atoms with Crippen LogP contribution in [-0.2, 0) is 4.79 Å². The van der Waals surface area contributed by atoms with E-state index in [0.29, 0.717) is 22.4 Å². The van der Waals surface area contributed by atoms with E-state index in [1.165, 1.54) is 6.08 Å². The molecule has 3 aromatic rings. The zero-order chi connectivity index (χ0) is 20.4. The fourth-order valence-corrected chi connectivity index (χ4v) is 3.31. The molecule has 0 spiro atoms. The van der Waals surface area contributed by atoms with Crippen molar-refractivity contribution in [1.29, 1.82) is 0 Å². The van der Waals surface area contributed by atoms with Crippen LogP contribution in [0, 0.1) is 0 Å². The largest absolute Gasteiger partial charge is 0.497 e. The molecule has 142 valence electrons. The molecule has 0 aromatic heterocycles. The number of hydrogen-bond donors (Lipinski definition) is 1. The van der Waals surface area contributed by atoms with Crippen LogP contribution in [0.4, 0.5) is 5.69 Å². The average Bonchev–Trinajstić information content (AvgIpc) is 2.76. The molecule has 1 amide bonds. The van der Waals surface area contributed by atoms with E-state index < -0.39 is 5.91 Å². The molecular weight excluding hydrogens is 366 g/mol. The smallest absolute Gasteiger partial charge is 0.248 e. The maximum atomic E-state index is 13.0. The number of benzene rings is 3. The molecule has 5 heteroatoms. The lowest BCUT2D eigenvalue weighted by molar-refractivity contribution is -0.111. The predicted molar refractivity (Wildman–Crippen MR) is 110 cm³/mol. The normalized spacial score (nSPS) is 12.4. The van der Waals surface area contributed by atoms with Crippen molar-refractivity contribution in [2.75, 3.05) is 12.4 Å². The van der Waals surface area contributed by atoms with Gasteiger partial charge in [0.05, 0.1) is 18.4 Å². The first kappa shape index (κ1) is 18.4. The number of carbonyl (C=O) groups excluding carboxylic acids is 3. The van der Waals surface area contributed by atoms with Gasteiger partial charge in [0, 0.05) is 22.8 Å². The molecule has 0 fully saturated rings. The molecule has 29 heavy (non-hydrogen) atoms. The molecule has 4 rings (SSSR count). The number of amides is 1. The first-order valence-corrected chi connectivity index (χ1v) is 9.03. The first-order chi connectivity index (χ1) is 14.1. The maximum Gasteiger partial charge on any atom is 0.248 e. The van der Waals surface area contributed by atoms with E-state index in [4.69, 9.17) is 4.74 Å². The molecule has 5 nitrogen and oxygen atoms in total. The van der Waals surface area contributed by atoms with Crippen molar-refractivity contribution in [3.8, 4) is 5.75 Å². The third-order valence-corrected chi connectivity index (χ3v) is 4.75. The Morgan fingerprint density at radius 3 is 2.17 bits per heavy atom. The lowest BCUT2D eigenvalue weighted by Crippen LogP contribution is -2.23. The Hall–Kier alpha value is -3.99. The standard InChI is InChI=1S/C24H17NO4/c1-29-16-12-9-15(10-13-16)11-14-21(26)25-20-8-4-7-19-22(20)24(28)18-6-3-2-5-17(18)23(19)27/h2-14H,1H3,(H,25,26). The number of ketones is 2. The highest BCUT2D eigenvalue weighted by molar-refractivity contribution is 6.30. The van der Waals surface area contributed by atoms with Crippen LogP contribution >= 0.6 is 0 Å². The summed E-state index contributed by atoms with van der Waals surface area (Å²) in [6.07, 6.45) is 3.04. The number of fused-ring (bicyclic) bond motifs is 2. The highest BCUT2D eigenvalue weighted by atomic mass is 16.5. The fraction of sp³-hybridized carbons (Fsp3) is 0.0417. The molecule has 0 saturated carbocycles. The zero-order valence-electron chi connectivity index (χ0n) is 15.6. The Bertz CT molecular complexity index is 1160. The highest BCUT2D eigenvalue weighted by Crippen LogP contribution is 2.31. The number of methoxy groups -OCH3 is 1. The summed E-state index contributed by atoms with van der Waals surface area (Å²) in [4.78, 5) is 38.1. The lowest BCUT2D eigenvalue weighted by atomic mass is 9.83. The Morgan fingerprint density at radius 1 is 0.828 bits per heavy atom. The van der Waals surface area contributed by atoms with Gasteiger partial charge >= 0.3 is 0 Å². The van der Waals surface area contributed by atoms with Crippen LogP contribution in [0.1, 0.15) is 37.4 Å². The lowest BCUT2D eigenvalue weighted by Gasteiger charge is -2.20. The van der Waals surface area contributed by atoms with E-state index in [-0.39, 0.29) is 17.1 Å². The summed E-state index contributed by atoms with van der Waals surface area (Å²) in [7, 11) is 1.59. The van der Waals surface area contributed by atoms with Gasteiger partial charge in [-0.15, -0.1) is 0 Å². The summed E-state index contributed by atoms with van der Waals surface area (Å²) in [6, 6.07) is 18.8. The van der Waals surface area contributed by atoms with Crippen LogP contribution in [0.5, 0.6) is 5.75 Å². The van der Waals surface area contributed by atoms with Crippen LogP contribution in [-0.4, -0.2) is 24.6 Å². The summed E-state index contributed by atoms with van der Waals surface area (Å²) < 4.78 is 5.11. The molecular formula is C24H17NO4. The first-order valence-electron chi connectivity index (χ1n) is 9.03. The minimum Gasteiger partial charge on any atom is -0.497 e. The molecule has 0 atom stereocenters. The molecule has 1 aliphatic carbocycles. The van der Waals surface area contributed by atoms with Crippen molar-refractivity contribution in [3.05, 3.63) is 101 Å². The number of ether oxygens (including phenoxy) is 1. The van der Waals surface area contributed by atoms with E-state index >= 15 is 0 Å². The third kappa shape index (κ3) is 3.46. The average molecular weight is 383 g/mol. The van der Waals surface area contributed by atoms with E-state index in [1.807, 2.05) is 12.1 Å². The molecule has 1 aliphatic rings. The summed E-state index contributed by atoms with van der Waals surface area (Å²) in [5, 5.41) is 2.72. The number of rotatable bonds is 4. The van der Waals surface area contributed by atoms with Crippen LogP contribution in [0.2, 0.25) is 0 Å². The van der Waals surface area contributed by atoms with Gasteiger partial charge in [0.1, 0.15) is 5.75 Å². The van der Waals surface area contributed by atoms with E-state index in [2.05, 4.69) is 5.32 Å². The van der Waals surface area contributed by atoms with E-state index in [1.54, 1.807) is 67.8 Å². The van der Waals surface area contributed by atoms with Gasteiger partial charge in [-0.3, -0.25) is 14.4 Å².